The second-order valence-corrected chi connectivity index (χ2v) is 13.5. The van der Waals surface area contributed by atoms with Gasteiger partial charge in [-0.2, -0.15) is 0 Å². The average molecular weight is 586 g/mol. The molecule has 42 heavy (non-hydrogen) atoms. The van der Waals surface area contributed by atoms with E-state index in [1.165, 1.54) is 31.8 Å². The quantitative estimate of drug-likeness (QED) is 0.194. The molecule has 6 aromatic carbocycles. The summed E-state index contributed by atoms with van der Waals surface area (Å²) in [6.07, 6.45) is 0. The van der Waals surface area contributed by atoms with Crippen LogP contribution in [0, 0.1) is 0 Å². The molecule has 0 heterocycles. The van der Waals surface area contributed by atoms with Crippen molar-refractivity contribution in [1.29, 1.82) is 0 Å². The number of hydrogen-bond donors (Lipinski definition) is 3. The van der Waals surface area contributed by atoms with E-state index in [1.54, 1.807) is 0 Å². The second-order valence-electron chi connectivity index (χ2n) is 9.03. The molecule has 0 radical (unpaired) electrons. The third kappa shape index (κ3) is 9.60. The molecule has 0 saturated carbocycles. The summed E-state index contributed by atoms with van der Waals surface area (Å²) >= 11 is 0. The first-order valence-electron chi connectivity index (χ1n) is 13.6. The van der Waals surface area contributed by atoms with Crippen LogP contribution in [0.4, 0.5) is 0 Å². The number of rotatable bonds is 6. The van der Waals surface area contributed by atoms with Crippen LogP contribution in [0.1, 0.15) is 0 Å². The maximum atomic E-state index is 7.17. The van der Waals surface area contributed by atoms with E-state index in [4.69, 9.17) is 15.1 Å². The Hall–Kier alpha value is -3.88. The van der Waals surface area contributed by atoms with Gasteiger partial charge in [0.15, 0.2) is 0 Å². The summed E-state index contributed by atoms with van der Waals surface area (Å²) < 4.78 is 0. The van der Waals surface area contributed by atoms with Gasteiger partial charge in [0, 0.05) is 0 Å². The van der Waals surface area contributed by atoms with Gasteiger partial charge < -0.3 is 15.1 Å². The Morgan fingerprint density at radius 1 is 0.262 bits per heavy atom. The Bertz CT molecular complexity index is 1230. The van der Waals surface area contributed by atoms with Crippen LogP contribution in [0.3, 0.4) is 0 Å². The van der Waals surface area contributed by atoms with Gasteiger partial charge in [-0.3, -0.25) is 0 Å². The summed E-state index contributed by atoms with van der Waals surface area (Å²) in [6.45, 7) is 0. The standard InChI is InChI=1S/2C18H15P.BH3O3/c2*1-4-10-16(11-5-1)19(17-12-6-2-7-13-17)18-14-8-3-9-15-18;2-1(3)4/h2*1-15H;2-4H. The van der Waals surface area contributed by atoms with E-state index in [2.05, 4.69) is 182 Å². The van der Waals surface area contributed by atoms with Crippen LogP contribution in [0.5, 0.6) is 0 Å². The van der Waals surface area contributed by atoms with Crippen molar-refractivity contribution in [3.8, 4) is 0 Å². The van der Waals surface area contributed by atoms with Gasteiger partial charge in [0.2, 0.25) is 0 Å². The summed E-state index contributed by atoms with van der Waals surface area (Å²) in [6, 6.07) is 64.7. The van der Waals surface area contributed by atoms with Crippen LogP contribution in [-0.4, -0.2) is 22.4 Å². The van der Waals surface area contributed by atoms with Crippen molar-refractivity contribution in [2.24, 2.45) is 0 Å². The van der Waals surface area contributed by atoms with Crippen molar-refractivity contribution in [1.82, 2.24) is 0 Å². The first kappa shape index (κ1) is 31.1. The van der Waals surface area contributed by atoms with Gasteiger partial charge in [0.1, 0.15) is 0 Å². The number of hydrogen-bond acceptors (Lipinski definition) is 3. The van der Waals surface area contributed by atoms with Crippen LogP contribution >= 0.6 is 15.8 Å². The normalized spacial score (nSPS) is 10.2. The third-order valence-corrected chi connectivity index (χ3v) is 11.0. The molecule has 6 heteroatoms. The van der Waals surface area contributed by atoms with E-state index in [1.807, 2.05) is 0 Å². The Morgan fingerprint density at radius 2 is 0.381 bits per heavy atom. The minimum Gasteiger partial charge on any atom is -0.402 e. The van der Waals surface area contributed by atoms with Gasteiger partial charge in [-0.05, 0) is 47.7 Å². The molecule has 0 bridgehead atoms. The Kier molecular flexibility index (Phi) is 12.7. The molecule has 0 unspecified atom stereocenters. The topological polar surface area (TPSA) is 60.7 Å². The summed E-state index contributed by atoms with van der Waals surface area (Å²) in [5.74, 6) is 0. The highest BCUT2D eigenvalue weighted by Gasteiger charge is 2.16. The van der Waals surface area contributed by atoms with Gasteiger partial charge >= 0.3 is 7.32 Å². The highest BCUT2D eigenvalue weighted by molar-refractivity contribution is 7.80. The number of benzene rings is 6. The fourth-order valence-corrected chi connectivity index (χ4v) is 8.97. The van der Waals surface area contributed by atoms with Gasteiger partial charge in [-0.25, -0.2) is 0 Å². The fourth-order valence-electron chi connectivity index (χ4n) is 4.36. The summed E-state index contributed by atoms with van der Waals surface area (Å²) in [5, 5.41) is 29.9. The van der Waals surface area contributed by atoms with Crippen molar-refractivity contribution in [2.75, 3.05) is 0 Å². The summed E-state index contributed by atoms with van der Waals surface area (Å²) in [4.78, 5) is 0. The van der Waals surface area contributed by atoms with Crippen LogP contribution in [-0.2, 0) is 0 Å². The van der Waals surface area contributed by atoms with E-state index in [-0.39, 0.29) is 0 Å². The predicted molar refractivity (Wildman–Crippen MR) is 183 cm³/mol. The van der Waals surface area contributed by atoms with Gasteiger partial charge in [-0.1, -0.05) is 182 Å². The lowest BCUT2D eigenvalue weighted by Gasteiger charge is -2.18. The van der Waals surface area contributed by atoms with E-state index in [0.29, 0.717) is 0 Å². The molecule has 0 aromatic heterocycles. The first-order valence-corrected chi connectivity index (χ1v) is 16.3. The zero-order valence-electron chi connectivity index (χ0n) is 23.1. The molecule has 6 aromatic rings. The molecule has 0 fully saturated rings. The minimum atomic E-state index is -2.17. The molecule has 208 valence electrons. The van der Waals surface area contributed by atoms with E-state index >= 15 is 0 Å². The van der Waals surface area contributed by atoms with Crippen molar-refractivity contribution in [3.63, 3.8) is 0 Å². The lowest BCUT2D eigenvalue weighted by Crippen LogP contribution is -2.20. The third-order valence-electron chi connectivity index (χ3n) is 6.09. The smallest absolute Gasteiger partial charge is 0.402 e. The highest BCUT2D eigenvalue weighted by Crippen LogP contribution is 2.33. The maximum Gasteiger partial charge on any atom is 0.631 e. The largest absolute Gasteiger partial charge is 0.631 e. The first-order chi connectivity index (χ1) is 20.6. The average Bonchev–Trinajstić information content (AvgIpc) is 3.05. The van der Waals surface area contributed by atoms with Crippen LogP contribution in [0.25, 0.3) is 0 Å². The van der Waals surface area contributed by atoms with Crippen LogP contribution in [0.15, 0.2) is 182 Å². The lowest BCUT2D eigenvalue weighted by atomic mass is 10.3. The molecule has 0 aliphatic carbocycles. The van der Waals surface area contributed by atoms with E-state index in [0.717, 1.165) is 0 Å². The molecule has 0 spiro atoms. The van der Waals surface area contributed by atoms with Crippen molar-refractivity contribution < 1.29 is 15.1 Å². The monoisotopic (exact) mass is 586 g/mol. The second kappa shape index (κ2) is 17.2. The van der Waals surface area contributed by atoms with Gasteiger partial charge in [0.05, 0.1) is 0 Å². The molecular weight excluding hydrogens is 553 g/mol. The Balaban J connectivity index is 0.000000171. The zero-order valence-corrected chi connectivity index (χ0v) is 24.9. The SMILES string of the molecule is OB(O)O.c1ccc(P(c2ccccc2)c2ccccc2)cc1.c1ccc(P(c2ccccc2)c2ccccc2)cc1. The molecule has 0 saturated heterocycles. The molecule has 6 rings (SSSR count). The lowest BCUT2D eigenvalue weighted by molar-refractivity contribution is 0.278. The Morgan fingerprint density at radius 3 is 0.500 bits per heavy atom. The van der Waals surface area contributed by atoms with Crippen LogP contribution < -0.4 is 31.8 Å². The van der Waals surface area contributed by atoms with Gasteiger partial charge in [-0.15, -0.1) is 0 Å². The summed E-state index contributed by atoms with van der Waals surface area (Å²) in [7, 11) is -3.06. The Labute approximate surface area is 251 Å². The maximum absolute atomic E-state index is 7.17. The van der Waals surface area contributed by atoms with Crippen molar-refractivity contribution in [2.45, 2.75) is 0 Å². The molecule has 0 amide bonds. The molecule has 3 nitrogen and oxygen atoms in total. The fraction of sp³-hybridized carbons (Fsp3) is 0. The summed E-state index contributed by atoms with van der Waals surface area (Å²) in [5.41, 5.74) is 0. The van der Waals surface area contributed by atoms with Crippen LogP contribution in [0.2, 0.25) is 0 Å². The molecule has 0 aliphatic rings. The molecular formula is C36H33BO3P2. The van der Waals surface area contributed by atoms with Crippen molar-refractivity contribution in [3.05, 3.63) is 182 Å². The molecule has 0 aliphatic heterocycles. The molecule has 3 N–H and O–H groups in total. The van der Waals surface area contributed by atoms with Crippen molar-refractivity contribution >= 4 is 55.0 Å². The van der Waals surface area contributed by atoms with E-state index < -0.39 is 23.2 Å². The molecule has 0 atom stereocenters. The van der Waals surface area contributed by atoms with E-state index in [9.17, 15) is 0 Å². The highest BCUT2D eigenvalue weighted by atomic mass is 31.1. The zero-order chi connectivity index (χ0) is 29.4. The van der Waals surface area contributed by atoms with Gasteiger partial charge in [0.25, 0.3) is 0 Å². The minimum absolute atomic E-state index is 0.446. The predicted octanol–water partition coefficient (Wildman–Crippen LogP) is 4.84.